The first-order chi connectivity index (χ1) is 12.8. The van der Waals surface area contributed by atoms with E-state index in [1.165, 1.54) is 0 Å². The largest absolute Gasteiger partial charge is 0.489 e. The summed E-state index contributed by atoms with van der Waals surface area (Å²) in [5, 5.41) is 14.8. The third-order valence-corrected chi connectivity index (χ3v) is 5.05. The Labute approximate surface area is 175 Å². The Morgan fingerprint density at radius 3 is 2.56 bits per heavy atom. The second-order valence-corrected chi connectivity index (χ2v) is 8.37. The fourth-order valence-electron chi connectivity index (χ4n) is 2.63. The zero-order chi connectivity index (χ0) is 19.8. The third-order valence-electron chi connectivity index (χ3n) is 4.31. The van der Waals surface area contributed by atoms with Crippen molar-refractivity contribution in [1.29, 1.82) is 0 Å². The fourth-order valence-corrected chi connectivity index (χ4v) is 3.13. The van der Waals surface area contributed by atoms with Gasteiger partial charge in [0, 0.05) is 27.6 Å². The van der Waals surface area contributed by atoms with E-state index in [0.29, 0.717) is 30.0 Å². The van der Waals surface area contributed by atoms with Crippen LogP contribution in [-0.2, 0) is 6.61 Å². The zero-order valence-corrected chi connectivity index (χ0v) is 18.4. The minimum atomic E-state index is -0.649. The highest BCUT2D eigenvalue weighted by Gasteiger charge is 2.15. The number of hydrogen-bond acceptors (Lipinski definition) is 4. The standard InChI is InChI=1S/C21H28BrClN2O2/c1-15(10-11-25(2)3)24-13-20(26)19-12-17(22)6-9-21(19)27-14-16-4-7-18(23)8-5-16/h4-9,12,15,20,24,26H,10-11,13-14H2,1-3H3. The summed E-state index contributed by atoms with van der Waals surface area (Å²) in [6.45, 7) is 4.04. The summed E-state index contributed by atoms with van der Waals surface area (Å²) in [7, 11) is 4.13. The number of nitrogens with zero attached hydrogens (tertiary/aromatic N) is 1. The minimum Gasteiger partial charge on any atom is -0.489 e. The molecule has 0 fully saturated rings. The van der Waals surface area contributed by atoms with Crippen LogP contribution < -0.4 is 10.1 Å². The molecule has 0 aliphatic carbocycles. The van der Waals surface area contributed by atoms with E-state index < -0.39 is 6.10 Å². The Balaban J connectivity index is 1.98. The van der Waals surface area contributed by atoms with Crippen LogP contribution in [0, 0.1) is 0 Å². The average Bonchev–Trinajstić information content (AvgIpc) is 2.64. The number of ether oxygens (including phenoxy) is 1. The maximum absolute atomic E-state index is 10.7. The smallest absolute Gasteiger partial charge is 0.125 e. The van der Waals surface area contributed by atoms with Crippen LogP contribution in [0.2, 0.25) is 5.02 Å². The lowest BCUT2D eigenvalue weighted by atomic mass is 10.1. The molecule has 0 heterocycles. The van der Waals surface area contributed by atoms with Crippen LogP contribution in [0.1, 0.15) is 30.6 Å². The molecule has 6 heteroatoms. The quantitative estimate of drug-likeness (QED) is 0.547. The molecule has 27 heavy (non-hydrogen) atoms. The number of halogens is 2. The molecule has 2 aromatic carbocycles. The van der Waals surface area contributed by atoms with Crippen molar-refractivity contribution in [2.24, 2.45) is 0 Å². The van der Waals surface area contributed by atoms with Gasteiger partial charge in [-0.05, 0) is 69.9 Å². The van der Waals surface area contributed by atoms with Gasteiger partial charge in [-0.25, -0.2) is 0 Å². The van der Waals surface area contributed by atoms with Gasteiger partial charge in [-0.2, -0.15) is 0 Å². The van der Waals surface area contributed by atoms with Gasteiger partial charge in [-0.1, -0.05) is 39.7 Å². The van der Waals surface area contributed by atoms with Gasteiger partial charge in [-0.3, -0.25) is 0 Å². The van der Waals surface area contributed by atoms with E-state index in [9.17, 15) is 5.11 Å². The van der Waals surface area contributed by atoms with Crippen LogP contribution in [-0.4, -0.2) is 43.2 Å². The van der Waals surface area contributed by atoms with Gasteiger partial charge in [0.2, 0.25) is 0 Å². The molecule has 148 valence electrons. The summed E-state index contributed by atoms with van der Waals surface area (Å²) in [5.41, 5.74) is 1.80. The number of benzene rings is 2. The number of nitrogens with one attached hydrogen (secondary N) is 1. The van der Waals surface area contributed by atoms with Crippen LogP contribution in [0.5, 0.6) is 5.75 Å². The molecule has 0 saturated heterocycles. The Morgan fingerprint density at radius 2 is 1.89 bits per heavy atom. The Kier molecular flexibility index (Phi) is 9.06. The first-order valence-corrected chi connectivity index (χ1v) is 10.2. The van der Waals surface area contributed by atoms with E-state index in [1.54, 1.807) is 0 Å². The number of rotatable bonds is 10. The van der Waals surface area contributed by atoms with Gasteiger partial charge in [0.25, 0.3) is 0 Å². The molecule has 0 aliphatic heterocycles. The predicted octanol–water partition coefficient (Wildman–Crippen LogP) is 4.64. The molecule has 4 nitrogen and oxygen atoms in total. The summed E-state index contributed by atoms with van der Waals surface area (Å²) in [6, 6.07) is 13.6. The van der Waals surface area contributed by atoms with Crippen molar-refractivity contribution in [3.05, 3.63) is 63.1 Å². The molecular formula is C21H28BrClN2O2. The normalized spacial score (nSPS) is 13.6. The molecule has 0 radical (unpaired) electrons. The van der Waals surface area contributed by atoms with Crippen molar-refractivity contribution in [3.63, 3.8) is 0 Å². The topological polar surface area (TPSA) is 44.7 Å². The Hall–Kier alpha value is -1.11. The average molecular weight is 456 g/mol. The lowest BCUT2D eigenvalue weighted by Crippen LogP contribution is -2.33. The van der Waals surface area contributed by atoms with E-state index >= 15 is 0 Å². The molecule has 2 N–H and O–H groups in total. The molecular weight excluding hydrogens is 428 g/mol. The Bertz CT molecular complexity index is 710. The molecule has 0 saturated carbocycles. The summed E-state index contributed by atoms with van der Waals surface area (Å²) >= 11 is 9.41. The van der Waals surface area contributed by atoms with Gasteiger partial charge >= 0.3 is 0 Å². The van der Waals surface area contributed by atoms with Gasteiger partial charge < -0.3 is 20.1 Å². The molecule has 0 aliphatic rings. The maximum atomic E-state index is 10.7. The highest BCUT2D eigenvalue weighted by Crippen LogP contribution is 2.29. The number of aliphatic hydroxyl groups is 1. The van der Waals surface area contributed by atoms with E-state index in [0.717, 1.165) is 28.6 Å². The molecule has 2 unspecified atom stereocenters. The van der Waals surface area contributed by atoms with Crippen LogP contribution in [0.4, 0.5) is 0 Å². The van der Waals surface area contributed by atoms with Gasteiger partial charge in [-0.15, -0.1) is 0 Å². The predicted molar refractivity (Wildman–Crippen MR) is 116 cm³/mol. The first kappa shape index (κ1) is 22.2. The van der Waals surface area contributed by atoms with Crippen molar-refractivity contribution in [2.45, 2.75) is 32.1 Å². The van der Waals surface area contributed by atoms with Gasteiger partial charge in [0.05, 0.1) is 6.10 Å². The Morgan fingerprint density at radius 1 is 1.19 bits per heavy atom. The molecule has 0 spiro atoms. The lowest BCUT2D eigenvalue weighted by Gasteiger charge is -2.21. The molecule has 0 aromatic heterocycles. The van der Waals surface area contributed by atoms with Crippen molar-refractivity contribution in [2.75, 3.05) is 27.2 Å². The maximum Gasteiger partial charge on any atom is 0.125 e. The third kappa shape index (κ3) is 7.80. The van der Waals surface area contributed by atoms with Crippen LogP contribution in [0.15, 0.2) is 46.9 Å². The van der Waals surface area contributed by atoms with Crippen LogP contribution >= 0.6 is 27.5 Å². The first-order valence-electron chi connectivity index (χ1n) is 9.08. The highest BCUT2D eigenvalue weighted by atomic mass is 79.9. The van der Waals surface area contributed by atoms with Crippen molar-refractivity contribution in [1.82, 2.24) is 10.2 Å². The second kappa shape index (κ2) is 11.0. The molecule has 0 bridgehead atoms. The van der Waals surface area contributed by atoms with Crippen molar-refractivity contribution in [3.8, 4) is 5.75 Å². The molecule has 2 rings (SSSR count). The van der Waals surface area contributed by atoms with E-state index in [1.807, 2.05) is 42.5 Å². The van der Waals surface area contributed by atoms with Crippen LogP contribution in [0.25, 0.3) is 0 Å². The number of aliphatic hydroxyl groups excluding tert-OH is 1. The van der Waals surface area contributed by atoms with Crippen LogP contribution in [0.3, 0.4) is 0 Å². The summed E-state index contributed by atoms with van der Waals surface area (Å²) in [5.74, 6) is 0.684. The summed E-state index contributed by atoms with van der Waals surface area (Å²) < 4.78 is 6.88. The molecule has 2 aromatic rings. The zero-order valence-electron chi connectivity index (χ0n) is 16.1. The summed E-state index contributed by atoms with van der Waals surface area (Å²) in [4.78, 5) is 2.16. The molecule has 2 atom stereocenters. The van der Waals surface area contributed by atoms with Gasteiger partial charge in [0.15, 0.2) is 0 Å². The highest BCUT2D eigenvalue weighted by molar-refractivity contribution is 9.10. The lowest BCUT2D eigenvalue weighted by molar-refractivity contribution is 0.162. The minimum absolute atomic E-state index is 0.327. The molecule has 0 amide bonds. The van der Waals surface area contributed by atoms with E-state index in [-0.39, 0.29) is 0 Å². The van der Waals surface area contributed by atoms with Crippen molar-refractivity contribution < 1.29 is 9.84 Å². The SMILES string of the molecule is CC(CCN(C)C)NCC(O)c1cc(Br)ccc1OCc1ccc(Cl)cc1. The van der Waals surface area contributed by atoms with Gasteiger partial charge in [0.1, 0.15) is 12.4 Å². The summed E-state index contributed by atoms with van der Waals surface area (Å²) in [6.07, 6.45) is 0.377. The monoisotopic (exact) mass is 454 g/mol. The van der Waals surface area contributed by atoms with Crippen molar-refractivity contribution >= 4 is 27.5 Å². The number of hydrogen-bond donors (Lipinski definition) is 2. The van der Waals surface area contributed by atoms with E-state index in [2.05, 4.69) is 47.2 Å². The second-order valence-electron chi connectivity index (χ2n) is 7.01. The van der Waals surface area contributed by atoms with E-state index in [4.69, 9.17) is 16.3 Å². The fraction of sp³-hybridized carbons (Fsp3) is 0.429.